The van der Waals surface area contributed by atoms with Crippen LogP contribution in [0.1, 0.15) is 51.9 Å². The number of aliphatic hydroxyl groups is 1. The smallest absolute Gasteiger partial charge is 0.345 e. The number of carboxylic acids is 1. The van der Waals surface area contributed by atoms with Crippen molar-refractivity contribution in [2.24, 2.45) is 11.8 Å². The molecule has 1 fully saturated rings. The molecule has 1 saturated carbocycles. The van der Waals surface area contributed by atoms with Gasteiger partial charge in [-0.1, -0.05) is 35.9 Å². The average Bonchev–Trinajstić information content (AvgIpc) is 3.25. The topological polar surface area (TPSA) is 57.5 Å². The minimum absolute atomic E-state index is 0.00503. The van der Waals surface area contributed by atoms with Gasteiger partial charge in [0.2, 0.25) is 0 Å². The van der Waals surface area contributed by atoms with Crippen molar-refractivity contribution in [2.75, 3.05) is 0 Å². The molecule has 160 valence electrons. The molecular formula is C24H26Cl2O3S. The van der Waals surface area contributed by atoms with Gasteiger partial charge in [0.25, 0.3) is 0 Å². The molecule has 3 nitrogen and oxygen atoms in total. The number of hydrogen-bond acceptors (Lipinski definition) is 3. The van der Waals surface area contributed by atoms with Crippen LogP contribution in [0.25, 0.3) is 12.2 Å². The van der Waals surface area contributed by atoms with E-state index >= 15 is 0 Å². The Balaban J connectivity index is 1.65. The van der Waals surface area contributed by atoms with Crippen LogP contribution in [-0.2, 0) is 6.42 Å². The maximum Gasteiger partial charge on any atom is 0.345 e. The van der Waals surface area contributed by atoms with Crippen LogP contribution in [0.5, 0.6) is 0 Å². The molecule has 3 rings (SSSR count). The average molecular weight is 465 g/mol. The molecule has 1 heterocycles. The van der Waals surface area contributed by atoms with Crippen molar-refractivity contribution in [3.63, 3.8) is 0 Å². The predicted octanol–water partition coefficient (Wildman–Crippen LogP) is 6.77. The number of aliphatic hydroxyl groups excluding tert-OH is 1. The highest BCUT2D eigenvalue weighted by atomic mass is 35.5. The highest BCUT2D eigenvalue weighted by Crippen LogP contribution is 2.40. The van der Waals surface area contributed by atoms with E-state index in [9.17, 15) is 9.90 Å². The fourth-order valence-electron chi connectivity index (χ4n) is 4.12. The predicted molar refractivity (Wildman–Crippen MR) is 127 cm³/mol. The molecule has 2 aromatic rings. The fraction of sp³-hybridized carbons (Fsp3) is 0.375. The lowest BCUT2D eigenvalue weighted by atomic mass is 9.89. The van der Waals surface area contributed by atoms with Crippen molar-refractivity contribution in [2.45, 2.75) is 44.1 Å². The van der Waals surface area contributed by atoms with Gasteiger partial charge in [0, 0.05) is 21.2 Å². The van der Waals surface area contributed by atoms with E-state index in [0.29, 0.717) is 16.3 Å². The second-order valence-electron chi connectivity index (χ2n) is 7.70. The number of carbonyl (C=O) groups is 1. The van der Waals surface area contributed by atoms with E-state index < -0.39 is 12.1 Å². The van der Waals surface area contributed by atoms with Crippen LogP contribution in [0.4, 0.5) is 0 Å². The lowest BCUT2D eigenvalue weighted by Crippen LogP contribution is -2.18. The first-order chi connectivity index (χ1) is 14.4. The molecule has 1 aromatic heterocycles. The number of carboxylic acid groups (broad SMARTS) is 1. The first-order valence-corrected chi connectivity index (χ1v) is 11.8. The Morgan fingerprint density at radius 2 is 1.97 bits per heavy atom. The highest BCUT2D eigenvalue weighted by molar-refractivity contribution is 7.13. The second kappa shape index (κ2) is 10.6. The van der Waals surface area contributed by atoms with Crippen molar-refractivity contribution >= 4 is 52.7 Å². The van der Waals surface area contributed by atoms with Crippen molar-refractivity contribution in [1.82, 2.24) is 0 Å². The van der Waals surface area contributed by atoms with Gasteiger partial charge in [-0.3, -0.25) is 0 Å². The van der Waals surface area contributed by atoms with Gasteiger partial charge >= 0.3 is 5.97 Å². The first-order valence-electron chi connectivity index (χ1n) is 10.1. The van der Waals surface area contributed by atoms with Crippen LogP contribution < -0.4 is 0 Å². The maximum atomic E-state index is 11.0. The first kappa shape index (κ1) is 23.1. The van der Waals surface area contributed by atoms with Crippen LogP contribution in [0, 0.1) is 11.8 Å². The Kier molecular flexibility index (Phi) is 8.18. The number of allylic oxidation sites excluding steroid dienone is 1. The standard InChI is InChI=1S/C24H26Cl2O3S/c1-2-4-15-11-16(13-17(25)12-15)7-9-20-19(21(26)14-22(20)27)6-3-5-18-8-10-23(30-18)24(28)29/h2,4,7-13,19-22,27H,3,5-6,14H2,1H3,(H,28,29)/b4-2+,9-7+/t19-,20-,21-,22-/m1/s1. The molecule has 0 saturated heterocycles. The van der Waals surface area contributed by atoms with Gasteiger partial charge in [0.1, 0.15) is 4.88 Å². The number of aromatic carboxylic acids is 1. The zero-order valence-corrected chi connectivity index (χ0v) is 19.1. The normalized spacial score (nSPS) is 24.3. The number of hydrogen-bond donors (Lipinski definition) is 2. The van der Waals surface area contributed by atoms with Gasteiger partial charge in [-0.05, 0) is 80.0 Å². The number of rotatable bonds is 8. The van der Waals surface area contributed by atoms with Crippen LogP contribution in [-0.4, -0.2) is 27.7 Å². The molecule has 1 aromatic carbocycles. The lowest BCUT2D eigenvalue weighted by molar-refractivity contribution is 0.0702. The van der Waals surface area contributed by atoms with Crippen molar-refractivity contribution in [3.05, 3.63) is 68.4 Å². The number of halogens is 2. The number of alkyl halides is 1. The number of benzene rings is 1. The summed E-state index contributed by atoms with van der Waals surface area (Å²) in [6.45, 7) is 1.97. The van der Waals surface area contributed by atoms with Gasteiger partial charge in [-0.15, -0.1) is 22.9 Å². The van der Waals surface area contributed by atoms with Crippen LogP contribution in [0.2, 0.25) is 5.02 Å². The summed E-state index contributed by atoms with van der Waals surface area (Å²) in [5.74, 6) is -0.699. The van der Waals surface area contributed by atoms with Crippen molar-refractivity contribution in [3.8, 4) is 0 Å². The van der Waals surface area contributed by atoms with Crippen LogP contribution in [0.3, 0.4) is 0 Å². The van der Waals surface area contributed by atoms with Crippen LogP contribution >= 0.6 is 34.5 Å². The molecule has 6 heteroatoms. The maximum absolute atomic E-state index is 11.0. The molecule has 2 N–H and O–H groups in total. The van der Waals surface area contributed by atoms with Gasteiger partial charge in [-0.25, -0.2) is 4.79 Å². The minimum Gasteiger partial charge on any atom is -0.477 e. The summed E-state index contributed by atoms with van der Waals surface area (Å²) in [5, 5.41) is 20.2. The summed E-state index contributed by atoms with van der Waals surface area (Å²) < 4.78 is 0. The molecule has 30 heavy (non-hydrogen) atoms. The minimum atomic E-state index is -0.880. The Hall–Kier alpha value is -1.59. The third kappa shape index (κ3) is 5.98. The third-order valence-corrected chi connectivity index (χ3v) is 7.37. The van der Waals surface area contributed by atoms with Gasteiger partial charge in [0.05, 0.1) is 6.10 Å². The Labute approximate surface area is 191 Å². The molecular weight excluding hydrogens is 439 g/mol. The molecule has 0 aliphatic heterocycles. The fourth-order valence-corrected chi connectivity index (χ4v) is 5.73. The number of aryl methyl sites for hydroxylation is 1. The summed E-state index contributed by atoms with van der Waals surface area (Å²) in [6.07, 6.45) is 10.8. The van der Waals surface area contributed by atoms with Gasteiger partial charge in [-0.2, -0.15) is 0 Å². The van der Waals surface area contributed by atoms with Crippen molar-refractivity contribution < 1.29 is 15.0 Å². The molecule has 4 atom stereocenters. The van der Waals surface area contributed by atoms with E-state index in [4.69, 9.17) is 28.3 Å². The van der Waals surface area contributed by atoms with Gasteiger partial charge in [0.15, 0.2) is 0 Å². The summed E-state index contributed by atoms with van der Waals surface area (Å²) >= 11 is 14.1. The van der Waals surface area contributed by atoms with Gasteiger partial charge < -0.3 is 10.2 Å². The number of thiophene rings is 1. The zero-order valence-electron chi connectivity index (χ0n) is 16.8. The van der Waals surface area contributed by atoms with E-state index in [1.165, 1.54) is 11.3 Å². The molecule has 0 unspecified atom stereocenters. The summed E-state index contributed by atoms with van der Waals surface area (Å²) in [7, 11) is 0. The molecule has 1 aliphatic carbocycles. The lowest BCUT2D eigenvalue weighted by Gasteiger charge is -2.20. The molecule has 0 bridgehead atoms. The highest BCUT2D eigenvalue weighted by Gasteiger charge is 2.39. The zero-order chi connectivity index (χ0) is 21.7. The Bertz CT molecular complexity index is 934. The van der Waals surface area contributed by atoms with E-state index in [-0.39, 0.29) is 17.2 Å². The Morgan fingerprint density at radius 3 is 2.63 bits per heavy atom. The quantitative estimate of drug-likeness (QED) is 0.423. The monoisotopic (exact) mass is 464 g/mol. The van der Waals surface area contributed by atoms with E-state index in [2.05, 4.69) is 12.1 Å². The summed E-state index contributed by atoms with van der Waals surface area (Å²) in [6, 6.07) is 9.44. The third-order valence-electron chi connectivity index (χ3n) is 5.52. The van der Waals surface area contributed by atoms with E-state index in [1.807, 2.05) is 43.4 Å². The summed E-state index contributed by atoms with van der Waals surface area (Å²) in [4.78, 5) is 12.5. The largest absolute Gasteiger partial charge is 0.477 e. The van der Waals surface area contributed by atoms with Crippen LogP contribution in [0.15, 0.2) is 42.5 Å². The molecule has 0 spiro atoms. The van der Waals surface area contributed by atoms with Crippen molar-refractivity contribution in [1.29, 1.82) is 0 Å². The molecule has 0 radical (unpaired) electrons. The summed E-state index contributed by atoms with van der Waals surface area (Å²) in [5.41, 5.74) is 2.04. The SMILES string of the molecule is C/C=C/c1cc(Cl)cc(/C=C/[C@@H]2[C@@H](CCCc3ccc(C(=O)O)s3)[C@H](Cl)C[C@H]2O)c1. The molecule has 0 amide bonds. The van der Waals surface area contributed by atoms with E-state index in [1.54, 1.807) is 6.07 Å². The Morgan fingerprint density at radius 1 is 1.23 bits per heavy atom. The molecule has 1 aliphatic rings. The van der Waals surface area contributed by atoms with E-state index in [0.717, 1.165) is 35.3 Å². The second-order valence-corrected chi connectivity index (χ2v) is 9.87.